The van der Waals surface area contributed by atoms with E-state index < -0.39 is 0 Å². The maximum atomic E-state index is 12.2. The summed E-state index contributed by atoms with van der Waals surface area (Å²) < 4.78 is 11.2. The van der Waals surface area contributed by atoms with Gasteiger partial charge in [0.1, 0.15) is 12.2 Å². The first kappa shape index (κ1) is 13.5. The fraction of sp³-hybridized carbons (Fsp3) is 0.533. The average molecular weight is 276 g/mol. The van der Waals surface area contributed by atoms with Crippen molar-refractivity contribution < 1.29 is 14.3 Å². The second kappa shape index (κ2) is 6.35. The standard InChI is InChI=1S/C15H20N2O3/c18-15(13-10-16-7-9-19-13)17-12-6-8-20-14(12)11-4-2-1-3-5-11/h1-5,12-14,16H,6-10H2,(H,17,18). The van der Waals surface area contributed by atoms with Crippen molar-refractivity contribution in [2.45, 2.75) is 24.7 Å². The minimum atomic E-state index is -0.388. The fourth-order valence-corrected chi connectivity index (χ4v) is 2.72. The lowest BCUT2D eigenvalue weighted by atomic mass is 10.0. The average Bonchev–Trinajstić information content (AvgIpc) is 2.97. The van der Waals surface area contributed by atoms with Crippen molar-refractivity contribution >= 4 is 5.91 Å². The van der Waals surface area contributed by atoms with Gasteiger partial charge in [0.25, 0.3) is 5.91 Å². The molecule has 2 heterocycles. The summed E-state index contributed by atoms with van der Waals surface area (Å²) in [6.45, 7) is 2.65. The number of hydrogen-bond acceptors (Lipinski definition) is 4. The van der Waals surface area contributed by atoms with Gasteiger partial charge >= 0.3 is 0 Å². The Morgan fingerprint density at radius 3 is 2.80 bits per heavy atom. The molecular weight excluding hydrogens is 256 g/mol. The molecule has 0 aromatic heterocycles. The van der Waals surface area contributed by atoms with Crippen molar-refractivity contribution in [3.05, 3.63) is 35.9 Å². The minimum Gasteiger partial charge on any atom is -0.371 e. The van der Waals surface area contributed by atoms with Crippen LogP contribution >= 0.6 is 0 Å². The van der Waals surface area contributed by atoms with Crippen molar-refractivity contribution in [2.24, 2.45) is 0 Å². The number of ether oxygens (including phenoxy) is 2. The maximum Gasteiger partial charge on any atom is 0.250 e. The lowest BCUT2D eigenvalue weighted by molar-refractivity contribution is -0.135. The largest absolute Gasteiger partial charge is 0.371 e. The topological polar surface area (TPSA) is 59.6 Å². The van der Waals surface area contributed by atoms with Crippen molar-refractivity contribution in [1.82, 2.24) is 10.6 Å². The second-order valence-electron chi connectivity index (χ2n) is 5.17. The third-order valence-electron chi connectivity index (χ3n) is 3.77. The molecule has 5 heteroatoms. The van der Waals surface area contributed by atoms with E-state index in [9.17, 15) is 4.79 Å². The highest BCUT2D eigenvalue weighted by Gasteiger charge is 2.33. The van der Waals surface area contributed by atoms with E-state index in [4.69, 9.17) is 9.47 Å². The van der Waals surface area contributed by atoms with Gasteiger partial charge in [0.15, 0.2) is 0 Å². The summed E-state index contributed by atoms with van der Waals surface area (Å²) in [6.07, 6.45) is 0.392. The van der Waals surface area contributed by atoms with Crippen molar-refractivity contribution in [3.8, 4) is 0 Å². The molecule has 0 bridgehead atoms. The van der Waals surface area contributed by atoms with E-state index in [0.29, 0.717) is 19.8 Å². The van der Waals surface area contributed by atoms with E-state index in [1.807, 2.05) is 30.3 Å². The van der Waals surface area contributed by atoms with Crippen LogP contribution in [0.5, 0.6) is 0 Å². The Kier molecular flexibility index (Phi) is 4.30. The monoisotopic (exact) mass is 276 g/mol. The van der Waals surface area contributed by atoms with Gasteiger partial charge < -0.3 is 20.1 Å². The lowest BCUT2D eigenvalue weighted by Gasteiger charge is -2.26. The van der Waals surface area contributed by atoms with Crippen LogP contribution in [-0.2, 0) is 14.3 Å². The molecule has 2 N–H and O–H groups in total. The molecule has 1 amide bonds. The van der Waals surface area contributed by atoms with Crippen LogP contribution in [0.3, 0.4) is 0 Å². The van der Waals surface area contributed by atoms with Gasteiger partial charge in [0.05, 0.1) is 12.6 Å². The molecule has 20 heavy (non-hydrogen) atoms. The quantitative estimate of drug-likeness (QED) is 0.850. The first-order chi connectivity index (χ1) is 9.84. The highest BCUT2D eigenvalue weighted by atomic mass is 16.5. The molecule has 0 saturated carbocycles. The number of amides is 1. The van der Waals surface area contributed by atoms with Gasteiger partial charge in [0.2, 0.25) is 0 Å². The SMILES string of the molecule is O=C(NC1CCOC1c1ccccc1)C1CNCCO1. The van der Waals surface area contributed by atoms with E-state index in [2.05, 4.69) is 10.6 Å². The Morgan fingerprint density at radius 1 is 1.20 bits per heavy atom. The zero-order chi connectivity index (χ0) is 13.8. The van der Waals surface area contributed by atoms with Gasteiger partial charge in [-0.1, -0.05) is 30.3 Å². The van der Waals surface area contributed by atoms with E-state index in [1.54, 1.807) is 0 Å². The molecule has 3 rings (SSSR count). The van der Waals surface area contributed by atoms with E-state index in [1.165, 1.54) is 0 Å². The molecule has 1 aromatic carbocycles. The van der Waals surface area contributed by atoms with Crippen LogP contribution < -0.4 is 10.6 Å². The van der Waals surface area contributed by atoms with Gasteiger partial charge in [-0.2, -0.15) is 0 Å². The summed E-state index contributed by atoms with van der Waals surface area (Å²) >= 11 is 0. The van der Waals surface area contributed by atoms with E-state index in [0.717, 1.165) is 18.5 Å². The molecule has 108 valence electrons. The molecule has 3 unspecified atom stereocenters. The van der Waals surface area contributed by atoms with Gasteiger partial charge in [-0.05, 0) is 12.0 Å². The number of hydrogen-bond donors (Lipinski definition) is 2. The predicted octanol–water partition coefficient (Wildman–Crippen LogP) is 0.621. The molecule has 1 aromatic rings. The number of morpholine rings is 1. The van der Waals surface area contributed by atoms with Crippen molar-refractivity contribution in [3.63, 3.8) is 0 Å². The Morgan fingerprint density at radius 2 is 2.05 bits per heavy atom. The number of carbonyl (C=O) groups excluding carboxylic acids is 1. The van der Waals surface area contributed by atoms with Crippen LogP contribution in [0.1, 0.15) is 18.1 Å². The molecule has 3 atom stereocenters. The molecule has 0 spiro atoms. The third kappa shape index (κ3) is 3.00. The van der Waals surface area contributed by atoms with Crippen LogP contribution in [0.4, 0.5) is 0 Å². The Labute approximate surface area is 118 Å². The summed E-state index contributed by atoms with van der Waals surface area (Å²) in [4.78, 5) is 12.2. The molecular formula is C15H20N2O3. The van der Waals surface area contributed by atoms with Gasteiger partial charge in [0, 0.05) is 19.7 Å². The predicted molar refractivity (Wildman–Crippen MR) is 74.3 cm³/mol. The third-order valence-corrected chi connectivity index (χ3v) is 3.77. The molecule has 2 aliphatic rings. The van der Waals surface area contributed by atoms with E-state index >= 15 is 0 Å². The van der Waals surface area contributed by atoms with Crippen LogP contribution in [0.25, 0.3) is 0 Å². The van der Waals surface area contributed by atoms with Crippen LogP contribution in [0.15, 0.2) is 30.3 Å². The summed E-state index contributed by atoms with van der Waals surface area (Å²) in [5, 5.41) is 6.23. The van der Waals surface area contributed by atoms with Crippen LogP contribution in [0.2, 0.25) is 0 Å². The number of carbonyl (C=O) groups is 1. The number of nitrogens with one attached hydrogen (secondary N) is 2. The van der Waals surface area contributed by atoms with Crippen LogP contribution in [0, 0.1) is 0 Å². The van der Waals surface area contributed by atoms with Gasteiger partial charge in [-0.3, -0.25) is 4.79 Å². The highest BCUT2D eigenvalue weighted by molar-refractivity contribution is 5.81. The zero-order valence-electron chi connectivity index (χ0n) is 11.4. The first-order valence-corrected chi connectivity index (χ1v) is 7.14. The summed E-state index contributed by atoms with van der Waals surface area (Å²) in [7, 11) is 0. The van der Waals surface area contributed by atoms with Crippen molar-refractivity contribution in [2.75, 3.05) is 26.3 Å². The summed E-state index contributed by atoms with van der Waals surface area (Å²) in [6, 6.07) is 10.1. The zero-order valence-corrected chi connectivity index (χ0v) is 11.4. The highest BCUT2D eigenvalue weighted by Crippen LogP contribution is 2.29. The first-order valence-electron chi connectivity index (χ1n) is 7.14. The molecule has 2 aliphatic heterocycles. The Bertz CT molecular complexity index is 446. The number of benzene rings is 1. The molecule has 2 saturated heterocycles. The van der Waals surface area contributed by atoms with Crippen molar-refractivity contribution in [1.29, 1.82) is 0 Å². The summed E-state index contributed by atoms with van der Waals surface area (Å²) in [5.74, 6) is -0.0476. The Balaban J connectivity index is 1.62. The molecule has 5 nitrogen and oxygen atoms in total. The normalized spacial score (nSPS) is 30.1. The maximum absolute atomic E-state index is 12.2. The van der Waals surface area contributed by atoms with Gasteiger partial charge in [-0.25, -0.2) is 0 Å². The second-order valence-corrected chi connectivity index (χ2v) is 5.17. The summed E-state index contributed by atoms with van der Waals surface area (Å²) in [5.41, 5.74) is 1.11. The minimum absolute atomic E-state index is 0.0235. The Hall–Kier alpha value is -1.43. The molecule has 2 fully saturated rings. The van der Waals surface area contributed by atoms with Crippen LogP contribution in [-0.4, -0.2) is 44.4 Å². The van der Waals surface area contributed by atoms with E-state index in [-0.39, 0.29) is 24.2 Å². The molecule has 0 aliphatic carbocycles. The number of rotatable bonds is 3. The lowest BCUT2D eigenvalue weighted by Crippen LogP contribution is -2.50. The van der Waals surface area contributed by atoms with Gasteiger partial charge in [-0.15, -0.1) is 0 Å². The smallest absolute Gasteiger partial charge is 0.250 e. The molecule has 0 radical (unpaired) electrons. The fourth-order valence-electron chi connectivity index (χ4n) is 2.72.